The Morgan fingerprint density at radius 2 is 1.55 bits per heavy atom. The number of aliphatic hydroxyl groups is 2. The summed E-state index contributed by atoms with van der Waals surface area (Å²) < 4.78 is 64.8. The highest BCUT2D eigenvalue weighted by molar-refractivity contribution is 7.48. The van der Waals surface area contributed by atoms with Gasteiger partial charge in [-0.15, -0.1) is 0 Å². The van der Waals surface area contributed by atoms with E-state index in [4.69, 9.17) is 32.5 Å². The fraction of sp³-hybridized carbons (Fsp3) is 0.629. The molecule has 1 saturated heterocycles. The third-order valence-corrected chi connectivity index (χ3v) is 9.86. The first-order valence-electron chi connectivity index (χ1n) is 17.5. The maximum absolute atomic E-state index is 14.9. The van der Waals surface area contributed by atoms with Crippen molar-refractivity contribution in [3.8, 4) is 0 Å². The van der Waals surface area contributed by atoms with Crippen LogP contribution in [0, 0.1) is 17.8 Å². The van der Waals surface area contributed by atoms with E-state index in [1.807, 2.05) is 0 Å². The molecule has 2 aliphatic heterocycles. The minimum absolute atomic E-state index is 0.150. The molecule has 0 bridgehead atoms. The van der Waals surface area contributed by atoms with Crippen LogP contribution in [0.15, 0.2) is 42.6 Å². The van der Waals surface area contributed by atoms with Crippen LogP contribution in [-0.4, -0.2) is 126 Å². The number of alkyl halides is 1. The molecule has 1 fully saturated rings. The van der Waals surface area contributed by atoms with Crippen molar-refractivity contribution >= 4 is 37.4 Å². The number of nitrogens with one attached hydrogen (secondary N) is 1. The number of phosphoric acid groups is 1. The molecule has 0 radical (unpaired) electrons. The van der Waals surface area contributed by atoms with Crippen molar-refractivity contribution in [2.75, 3.05) is 46.8 Å². The van der Waals surface area contributed by atoms with Crippen LogP contribution in [-0.2, 0) is 56.3 Å². The van der Waals surface area contributed by atoms with Gasteiger partial charge >= 0.3 is 25.7 Å². The molecule has 1 unspecified atom stereocenters. The summed E-state index contributed by atoms with van der Waals surface area (Å²) in [5.74, 6) is -4.50. The standard InChI is InChI=1S/C35H51FN3O15P/c1-22(2)28(37-15-26(40)25-11-9-8-10-12-25)31(44)48-19-39-18-38(14-13-27(39)41)33-34(7,46)32(45)35(16-36,54-33)17-51-55(47,52-20-49-29(42)23(3)4)53-21-50-30(43)24(5)6/h8-14,22-24,28,32-33,37,45-46H,15-21H2,1-7H3/t28?,32-,33+,34+,35+/m0/s1. The number of aliphatic hydroxyl groups excluding tert-OH is 1. The minimum Gasteiger partial charge on any atom is -0.443 e. The molecule has 0 saturated carbocycles. The molecule has 1 aromatic carbocycles. The first kappa shape index (κ1) is 45.6. The van der Waals surface area contributed by atoms with E-state index >= 15 is 0 Å². The van der Waals surface area contributed by atoms with Gasteiger partial charge in [0.25, 0.3) is 5.91 Å². The number of hydrogen-bond donors (Lipinski definition) is 3. The highest BCUT2D eigenvalue weighted by Gasteiger charge is 2.63. The van der Waals surface area contributed by atoms with Gasteiger partial charge in [-0.1, -0.05) is 71.9 Å². The van der Waals surface area contributed by atoms with Crippen molar-refractivity contribution < 1.29 is 75.7 Å². The molecule has 0 spiro atoms. The lowest BCUT2D eigenvalue weighted by Gasteiger charge is -2.39. The van der Waals surface area contributed by atoms with Crippen LogP contribution >= 0.6 is 7.82 Å². The zero-order valence-corrected chi connectivity index (χ0v) is 32.8. The summed E-state index contributed by atoms with van der Waals surface area (Å²) in [5, 5.41) is 25.5. The summed E-state index contributed by atoms with van der Waals surface area (Å²) in [7, 11) is -4.85. The minimum atomic E-state index is -4.85. The number of phosphoric ester groups is 1. The van der Waals surface area contributed by atoms with Crippen LogP contribution in [0.2, 0.25) is 0 Å². The second-order valence-corrected chi connectivity index (χ2v) is 15.8. The van der Waals surface area contributed by atoms with Crippen LogP contribution in [0.25, 0.3) is 0 Å². The number of ether oxygens (including phenoxy) is 4. The zero-order valence-electron chi connectivity index (χ0n) is 31.9. The number of esters is 3. The SMILES string of the molecule is CC(C)C(=O)OCOP(=O)(OCOC(=O)C(C)C)OC[C@@]1(CF)O[C@@H](N2C=CC(=O)N(COC(=O)C(NCC(=O)c3ccccc3)C(C)C)C2)[C@](C)(O)[C@@H]1O. The molecule has 20 heteroatoms. The van der Waals surface area contributed by atoms with Gasteiger partial charge in [0.15, 0.2) is 24.3 Å². The number of rotatable bonds is 21. The highest BCUT2D eigenvalue weighted by atomic mass is 31.2. The van der Waals surface area contributed by atoms with Gasteiger partial charge in [0, 0.05) is 17.8 Å². The van der Waals surface area contributed by atoms with Gasteiger partial charge in [0.1, 0.15) is 24.4 Å². The topological polar surface area (TPSA) is 226 Å². The van der Waals surface area contributed by atoms with Gasteiger partial charge in [0.2, 0.25) is 13.6 Å². The molecule has 0 aromatic heterocycles. The van der Waals surface area contributed by atoms with E-state index in [-0.39, 0.29) is 24.9 Å². The van der Waals surface area contributed by atoms with E-state index in [1.54, 1.807) is 44.2 Å². The predicted molar refractivity (Wildman–Crippen MR) is 189 cm³/mol. The Balaban J connectivity index is 1.70. The number of halogens is 1. The van der Waals surface area contributed by atoms with Gasteiger partial charge in [-0.25, -0.2) is 18.0 Å². The van der Waals surface area contributed by atoms with Crippen molar-refractivity contribution in [1.29, 1.82) is 0 Å². The summed E-state index contributed by atoms with van der Waals surface area (Å²) in [5.41, 5.74) is -4.23. The second-order valence-electron chi connectivity index (χ2n) is 14.1. The number of ketones is 1. The lowest BCUT2D eigenvalue weighted by atomic mass is 9.88. The van der Waals surface area contributed by atoms with Crippen LogP contribution in [0.4, 0.5) is 4.39 Å². The van der Waals surface area contributed by atoms with Crippen LogP contribution in [0.5, 0.6) is 0 Å². The Labute approximate surface area is 318 Å². The van der Waals surface area contributed by atoms with E-state index in [1.165, 1.54) is 38.8 Å². The Kier molecular flexibility index (Phi) is 16.5. The van der Waals surface area contributed by atoms with Gasteiger partial charge in [-0.05, 0) is 12.8 Å². The Morgan fingerprint density at radius 3 is 2.07 bits per heavy atom. The van der Waals surface area contributed by atoms with E-state index in [2.05, 4.69) is 5.32 Å². The number of amides is 1. The predicted octanol–water partition coefficient (Wildman–Crippen LogP) is 2.25. The van der Waals surface area contributed by atoms with Crippen molar-refractivity contribution in [2.45, 2.75) is 78.0 Å². The monoisotopic (exact) mass is 803 g/mol. The summed E-state index contributed by atoms with van der Waals surface area (Å²) in [6.07, 6.45) is -1.34. The molecule has 0 aliphatic carbocycles. The second kappa shape index (κ2) is 19.9. The van der Waals surface area contributed by atoms with Gasteiger partial charge in [0.05, 0.1) is 31.7 Å². The van der Waals surface area contributed by atoms with Crippen molar-refractivity contribution in [1.82, 2.24) is 15.1 Å². The smallest absolute Gasteiger partial charge is 0.443 e. The molecule has 5 atom stereocenters. The van der Waals surface area contributed by atoms with Crippen molar-refractivity contribution in [3.63, 3.8) is 0 Å². The Hall–Kier alpha value is -3.81. The fourth-order valence-electron chi connectivity index (χ4n) is 5.25. The number of carbonyl (C=O) groups is 5. The largest absolute Gasteiger partial charge is 0.480 e. The van der Waals surface area contributed by atoms with Gasteiger partial charge in [-0.2, -0.15) is 0 Å². The molecule has 1 aromatic rings. The molecule has 18 nitrogen and oxygen atoms in total. The van der Waals surface area contributed by atoms with Crippen molar-refractivity contribution in [3.05, 3.63) is 48.2 Å². The average molecular weight is 804 g/mol. The molecule has 1 amide bonds. The maximum atomic E-state index is 14.9. The molecule has 308 valence electrons. The van der Waals surface area contributed by atoms with Gasteiger partial charge < -0.3 is 34.1 Å². The van der Waals surface area contributed by atoms with Crippen LogP contribution in [0.1, 0.15) is 58.8 Å². The van der Waals surface area contributed by atoms with E-state index in [0.717, 1.165) is 17.9 Å². The normalized spacial score (nSPS) is 23.4. The third kappa shape index (κ3) is 12.1. The van der Waals surface area contributed by atoms with Crippen molar-refractivity contribution in [2.24, 2.45) is 17.8 Å². The lowest BCUT2D eigenvalue weighted by molar-refractivity contribution is -0.175. The first-order chi connectivity index (χ1) is 25.8. The number of carbonyl (C=O) groups excluding carboxylic acids is 5. The Bertz CT molecular complexity index is 1550. The van der Waals surface area contributed by atoms with E-state index < -0.39 is 107 Å². The Morgan fingerprint density at radius 1 is 0.964 bits per heavy atom. The first-order valence-corrected chi connectivity index (χ1v) is 18.9. The zero-order chi connectivity index (χ0) is 41.1. The summed E-state index contributed by atoms with van der Waals surface area (Å²) in [6.45, 7) is 5.20. The molecule has 2 aliphatic rings. The van der Waals surface area contributed by atoms with E-state index in [0.29, 0.717) is 5.56 Å². The average Bonchev–Trinajstić information content (AvgIpc) is 3.34. The number of benzene rings is 1. The number of hydrogen-bond acceptors (Lipinski definition) is 17. The summed E-state index contributed by atoms with van der Waals surface area (Å²) in [4.78, 5) is 64.6. The quantitative estimate of drug-likeness (QED) is 0.0533. The number of nitrogens with zero attached hydrogens (tertiary/aromatic N) is 2. The van der Waals surface area contributed by atoms with Crippen LogP contribution in [0.3, 0.4) is 0 Å². The van der Waals surface area contributed by atoms with Gasteiger partial charge in [-0.3, -0.25) is 38.7 Å². The van der Waals surface area contributed by atoms with Crippen LogP contribution < -0.4 is 5.32 Å². The van der Waals surface area contributed by atoms with E-state index in [9.17, 15) is 43.1 Å². The molecule has 3 rings (SSSR count). The fourth-order valence-corrected chi connectivity index (χ4v) is 6.22. The number of Topliss-reactive ketones (excluding diaryl/α,β-unsaturated/α-hetero) is 1. The molecule has 55 heavy (non-hydrogen) atoms. The maximum Gasteiger partial charge on any atom is 0.480 e. The summed E-state index contributed by atoms with van der Waals surface area (Å²) >= 11 is 0. The molecular formula is C35H51FN3O15P. The molecular weight excluding hydrogens is 752 g/mol. The molecule has 2 heterocycles. The highest BCUT2D eigenvalue weighted by Crippen LogP contribution is 2.52. The summed E-state index contributed by atoms with van der Waals surface area (Å²) in [6, 6.07) is 7.59. The lowest BCUT2D eigenvalue weighted by Crippen LogP contribution is -2.57. The molecule has 3 N–H and O–H groups in total. The third-order valence-electron chi connectivity index (χ3n) is 8.58.